The number of benzene rings is 1. The summed E-state index contributed by atoms with van der Waals surface area (Å²) in [4.78, 5) is 26.8. The Bertz CT molecular complexity index is 804. The molecule has 2 unspecified atom stereocenters. The molecular weight excluding hydrogens is 403 g/mol. The molecule has 1 saturated carbocycles. The second kappa shape index (κ2) is 10.2. The highest BCUT2D eigenvalue weighted by Gasteiger charge is 2.35. The number of nitrogens with zero attached hydrogens (tertiary/aromatic N) is 1. The molecule has 0 bridgehead atoms. The third-order valence-corrected chi connectivity index (χ3v) is 6.34. The fraction of sp³-hybridized carbons (Fsp3) is 0.636. The number of carbonyl (C=O) groups excluding carboxylic acids is 2. The molecule has 0 spiro atoms. The Kier molecular flexibility index (Phi) is 7.11. The van der Waals surface area contributed by atoms with Crippen LogP contribution in [0.2, 0.25) is 0 Å². The van der Waals surface area contributed by atoms with Gasteiger partial charge in [0.1, 0.15) is 5.82 Å². The minimum absolute atomic E-state index is 0.00630. The van der Waals surface area contributed by atoms with Gasteiger partial charge < -0.3 is 30.3 Å². The van der Waals surface area contributed by atoms with Crippen LogP contribution in [-0.2, 0) is 11.3 Å². The second-order valence-corrected chi connectivity index (χ2v) is 8.47. The Hall–Kier alpha value is -2.55. The van der Waals surface area contributed by atoms with Crippen molar-refractivity contribution in [3.05, 3.63) is 23.5 Å². The zero-order valence-corrected chi connectivity index (χ0v) is 17.8. The molecule has 0 aromatic heterocycles. The van der Waals surface area contributed by atoms with Crippen LogP contribution in [0.4, 0.5) is 19.7 Å². The maximum Gasteiger partial charge on any atom is 0.319 e. The summed E-state index contributed by atoms with van der Waals surface area (Å²) < 4.78 is 24.3. The van der Waals surface area contributed by atoms with Crippen LogP contribution < -0.4 is 20.7 Å². The van der Waals surface area contributed by atoms with Gasteiger partial charge in [0.05, 0.1) is 12.3 Å². The molecule has 31 heavy (non-hydrogen) atoms. The van der Waals surface area contributed by atoms with Gasteiger partial charge in [-0.3, -0.25) is 0 Å². The van der Waals surface area contributed by atoms with E-state index in [0.717, 1.165) is 19.4 Å². The van der Waals surface area contributed by atoms with Gasteiger partial charge in [-0.2, -0.15) is 0 Å². The van der Waals surface area contributed by atoms with E-state index in [1.54, 1.807) is 0 Å². The van der Waals surface area contributed by atoms with E-state index in [1.807, 2.05) is 4.90 Å². The highest BCUT2D eigenvalue weighted by atomic mass is 19.1. The number of hydrogen-bond donors (Lipinski definition) is 3. The van der Waals surface area contributed by atoms with E-state index >= 15 is 0 Å². The molecule has 1 aliphatic carbocycles. The average Bonchev–Trinajstić information content (AvgIpc) is 2.78. The van der Waals surface area contributed by atoms with Gasteiger partial charge >= 0.3 is 12.1 Å². The summed E-state index contributed by atoms with van der Waals surface area (Å²) in [5.41, 5.74) is 0.832. The highest BCUT2D eigenvalue weighted by molar-refractivity contribution is 5.91. The Morgan fingerprint density at radius 1 is 1.10 bits per heavy atom. The van der Waals surface area contributed by atoms with Crippen molar-refractivity contribution in [2.24, 2.45) is 5.92 Å². The number of ether oxygens (including phenoxy) is 2. The molecule has 4 rings (SSSR count). The Balaban J connectivity index is 1.18. The molecule has 3 aliphatic rings. The van der Waals surface area contributed by atoms with Gasteiger partial charge in [0.15, 0.2) is 12.5 Å². The first-order chi connectivity index (χ1) is 15.1. The third kappa shape index (κ3) is 5.39. The average molecular weight is 435 g/mol. The number of amides is 4. The zero-order valence-electron chi connectivity index (χ0n) is 17.8. The van der Waals surface area contributed by atoms with E-state index < -0.39 is 11.8 Å². The number of hydrogen-bond acceptors (Lipinski definition) is 4. The van der Waals surface area contributed by atoms with Crippen LogP contribution >= 0.6 is 0 Å². The summed E-state index contributed by atoms with van der Waals surface area (Å²) in [7, 11) is 0. The summed E-state index contributed by atoms with van der Waals surface area (Å²) >= 11 is 0. The van der Waals surface area contributed by atoms with Crippen molar-refractivity contribution in [2.45, 2.75) is 57.6 Å². The summed E-state index contributed by atoms with van der Waals surface area (Å²) in [6.07, 6.45) is 7.75. The molecule has 8 nitrogen and oxygen atoms in total. The largest absolute Gasteiger partial charge is 0.465 e. The van der Waals surface area contributed by atoms with Crippen molar-refractivity contribution in [1.29, 1.82) is 0 Å². The monoisotopic (exact) mass is 434 g/mol. The predicted molar refractivity (Wildman–Crippen MR) is 113 cm³/mol. The smallest absolute Gasteiger partial charge is 0.319 e. The van der Waals surface area contributed by atoms with Gasteiger partial charge in [0.2, 0.25) is 0 Å². The molecular formula is C22H31FN4O4. The maximum absolute atomic E-state index is 13.8. The molecule has 2 heterocycles. The van der Waals surface area contributed by atoms with E-state index in [0.29, 0.717) is 42.8 Å². The van der Waals surface area contributed by atoms with E-state index in [4.69, 9.17) is 9.47 Å². The number of piperidine rings is 1. The van der Waals surface area contributed by atoms with Gasteiger partial charge in [-0.05, 0) is 44.1 Å². The van der Waals surface area contributed by atoms with Crippen molar-refractivity contribution >= 4 is 17.7 Å². The lowest BCUT2D eigenvalue weighted by Crippen LogP contribution is -2.53. The summed E-state index contributed by atoms with van der Waals surface area (Å²) in [6, 6.07) is 2.50. The first-order valence-electron chi connectivity index (χ1n) is 11.2. The topological polar surface area (TPSA) is 91.9 Å². The number of carbonyl (C=O) groups is 2. The maximum atomic E-state index is 13.8. The Morgan fingerprint density at radius 3 is 2.81 bits per heavy atom. The minimum Gasteiger partial charge on any atom is -0.465 e. The molecule has 3 N–H and O–H groups in total. The van der Waals surface area contributed by atoms with Crippen molar-refractivity contribution < 1.29 is 23.5 Å². The normalized spacial score (nSPS) is 22.5. The molecule has 4 amide bonds. The minimum atomic E-state index is -0.469. The van der Waals surface area contributed by atoms with Crippen molar-refractivity contribution in [3.63, 3.8) is 0 Å². The van der Waals surface area contributed by atoms with Crippen LogP contribution in [0, 0.1) is 11.7 Å². The van der Waals surface area contributed by atoms with Crippen LogP contribution in [0.1, 0.15) is 50.5 Å². The first kappa shape index (κ1) is 21.7. The number of rotatable bonds is 5. The number of fused-ring (bicyclic) bond motifs is 2. The lowest BCUT2D eigenvalue weighted by atomic mass is 9.78. The van der Waals surface area contributed by atoms with E-state index in [2.05, 4.69) is 16.0 Å². The molecule has 1 aromatic carbocycles. The van der Waals surface area contributed by atoms with Crippen LogP contribution in [-0.4, -0.2) is 49.4 Å². The van der Waals surface area contributed by atoms with E-state index in [1.165, 1.54) is 37.8 Å². The van der Waals surface area contributed by atoms with Crippen molar-refractivity contribution in [1.82, 2.24) is 15.5 Å². The molecule has 2 atom stereocenters. The molecule has 2 aliphatic heterocycles. The SMILES string of the molecule is O=C(NCCCNC(=O)N1CCCC2CCCCC21)Nc1cc(F)cc2c1OCOC2. The fourth-order valence-corrected chi connectivity index (χ4v) is 4.90. The van der Waals surface area contributed by atoms with E-state index in [9.17, 15) is 14.0 Å². The standard InChI is InChI=1S/C22H31FN4O4/c23-17-11-16-13-30-14-31-20(16)18(12-17)26-21(28)24-8-4-9-25-22(29)27-10-3-6-15-5-1-2-7-19(15)27/h11-12,15,19H,1-10,13-14H2,(H,25,29)(H2,24,26,28). The summed E-state index contributed by atoms with van der Waals surface area (Å²) in [5, 5.41) is 8.35. The van der Waals surface area contributed by atoms with Crippen LogP contribution in [0.15, 0.2) is 12.1 Å². The molecule has 1 aromatic rings. The Morgan fingerprint density at radius 2 is 1.90 bits per heavy atom. The van der Waals surface area contributed by atoms with Crippen molar-refractivity contribution in [3.8, 4) is 5.75 Å². The van der Waals surface area contributed by atoms with Gasteiger partial charge in [-0.1, -0.05) is 12.8 Å². The third-order valence-electron chi connectivity index (χ3n) is 6.34. The molecule has 9 heteroatoms. The number of anilines is 1. The molecule has 1 saturated heterocycles. The zero-order chi connectivity index (χ0) is 21.6. The van der Waals surface area contributed by atoms with Gasteiger partial charge in [0.25, 0.3) is 0 Å². The van der Waals surface area contributed by atoms with Gasteiger partial charge in [-0.25, -0.2) is 14.0 Å². The van der Waals surface area contributed by atoms with Crippen molar-refractivity contribution in [2.75, 3.05) is 31.7 Å². The molecule has 2 fully saturated rings. The lowest BCUT2D eigenvalue weighted by molar-refractivity contribution is -0.0160. The number of urea groups is 2. The van der Waals surface area contributed by atoms with Gasteiger partial charge in [-0.15, -0.1) is 0 Å². The number of halogens is 1. The molecule has 0 radical (unpaired) electrons. The Labute approximate surface area is 181 Å². The van der Waals surface area contributed by atoms with Crippen LogP contribution in [0.5, 0.6) is 5.75 Å². The quantitative estimate of drug-likeness (QED) is 0.618. The summed E-state index contributed by atoms with van der Waals surface area (Å²) in [5.74, 6) is 0.615. The second-order valence-electron chi connectivity index (χ2n) is 8.47. The fourth-order valence-electron chi connectivity index (χ4n) is 4.90. The van der Waals surface area contributed by atoms with E-state index in [-0.39, 0.29) is 25.1 Å². The lowest BCUT2D eigenvalue weighted by Gasteiger charge is -2.44. The first-order valence-corrected chi connectivity index (χ1v) is 11.2. The van der Waals surface area contributed by atoms with Gasteiger partial charge in [0, 0.05) is 37.3 Å². The highest BCUT2D eigenvalue weighted by Crippen LogP contribution is 2.35. The molecule has 170 valence electrons. The number of likely N-dealkylation sites (tertiary alicyclic amines) is 1. The van der Waals surface area contributed by atoms with Crippen LogP contribution in [0.25, 0.3) is 0 Å². The number of nitrogens with one attached hydrogen (secondary N) is 3. The predicted octanol–water partition coefficient (Wildman–Crippen LogP) is 3.57. The van der Waals surface area contributed by atoms with Crippen LogP contribution in [0.3, 0.4) is 0 Å². The summed E-state index contributed by atoms with van der Waals surface area (Å²) in [6.45, 7) is 2.01.